The Morgan fingerprint density at radius 1 is 1.21 bits per heavy atom. The van der Waals surface area contributed by atoms with Gasteiger partial charge in [0.25, 0.3) is 0 Å². The second-order valence-corrected chi connectivity index (χ2v) is 3.53. The van der Waals surface area contributed by atoms with Gasteiger partial charge < -0.3 is 15.3 Å². The van der Waals surface area contributed by atoms with Gasteiger partial charge in [-0.3, -0.25) is 0 Å². The lowest BCUT2D eigenvalue weighted by Gasteiger charge is -2.18. The summed E-state index contributed by atoms with van der Waals surface area (Å²) in [6.07, 6.45) is -0.00932. The van der Waals surface area contributed by atoms with Crippen molar-refractivity contribution >= 4 is 0 Å². The topological polar surface area (TPSA) is 60.7 Å². The van der Waals surface area contributed by atoms with Gasteiger partial charge in [-0.05, 0) is 30.0 Å². The molecule has 0 heterocycles. The first-order valence-electron chi connectivity index (χ1n) is 4.73. The molecule has 0 radical (unpaired) electrons. The van der Waals surface area contributed by atoms with E-state index < -0.39 is 6.10 Å². The summed E-state index contributed by atoms with van der Waals surface area (Å²) in [5, 5.41) is 27.6. The molecule has 1 aromatic carbocycles. The summed E-state index contributed by atoms with van der Waals surface area (Å²) in [7, 11) is 0. The van der Waals surface area contributed by atoms with Gasteiger partial charge >= 0.3 is 0 Å². The average Bonchev–Trinajstić information content (AvgIpc) is 2.18. The fourth-order valence-corrected chi connectivity index (χ4v) is 1.36. The minimum atomic E-state index is -0.581. The van der Waals surface area contributed by atoms with Gasteiger partial charge in [0, 0.05) is 6.61 Å². The SMILES string of the molecule is C[C@H](CCO)[C@@H](O)c1ccc(O)cc1. The number of aliphatic hydroxyl groups excluding tert-OH is 2. The van der Waals surface area contributed by atoms with Crippen LogP contribution >= 0.6 is 0 Å². The van der Waals surface area contributed by atoms with Gasteiger partial charge in [0.2, 0.25) is 0 Å². The third-order valence-electron chi connectivity index (χ3n) is 2.36. The summed E-state index contributed by atoms with van der Waals surface area (Å²) in [5.41, 5.74) is 0.767. The molecular formula is C11H16O3. The van der Waals surface area contributed by atoms with Crippen LogP contribution in [-0.4, -0.2) is 21.9 Å². The standard InChI is InChI=1S/C11H16O3/c1-8(6-7-12)11(14)9-2-4-10(13)5-3-9/h2-5,8,11-14H,6-7H2,1H3/t8-,11-/m1/s1. The Morgan fingerprint density at radius 2 is 1.79 bits per heavy atom. The third kappa shape index (κ3) is 2.72. The van der Waals surface area contributed by atoms with E-state index in [1.165, 1.54) is 0 Å². The molecule has 3 heteroatoms. The molecule has 0 fully saturated rings. The minimum absolute atomic E-state index is 0.0181. The van der Waals surface area contributed by atoms with Crippen molar-refractivity contribution < 1.29 is 15.3 Å². The number of phenolic OH excluding ortho intramolecular Hbond substituents is 1. The molecule has 0 amide bonds. The molecule has 0 saturated heterocycles. The molecule has 0 aromatic heterocycles. The van der Waals surface area contributed by atoms with E-state index in [0.29, 0.717) is 6.42 Å². The third-order valence-corrected chi connectivity index (χ3v) is 2.36. The summed E-state index contributed by atoms with van der Waals surface area (Å²) in [6, 6.07) is 6.47. The Balaban J connectivity index is 2.68. The summed E-state index contributed by atoms with van der Waals surface area (Å²) >= 11 is 0. The lowest BCUT2D eigenvalue weighted by Crippen LogP contribution is -2.10. The van der Waals surface area contributed by atoms with Crippen LogP contribution in [-0.2, 0) is 0 Å². The quantitative estimate of drug-likeness (QED) is 0.683. The lowest BCUT2D eigenvalue weighted by molar-refractivity contribution is 0.0990. The van der Waals surface area contributed by atoms with Gasteiger partial charge in [-0.2, -0.15) is 0 Å². The van der Waals surface area contributed by atoms with E-state index in [-0.39, 0.29) is 18.3 Å². The molecule has 1 aromatic rings. The first kappa shape index (κ1) is 11.0. The van der Waals surface area contributed by atoms with Crippen molar-refractivity contribution in [2.45, 2.75) is 19.4 Å². The monoisotopic (exact) mass is 196 g/mol. The smallest absolute Gasteiger partial charge is 0.115 e. The first-order valence-corrected chi connectivity index (χ1v) is 4.73. The second-order valence-electron chi connectivity index (χ2n) is 3.53. The van der Waals surface area contributed by atoms with Crippen LogP contribution in [0.1, 0.15) is 25.0 Å². The lowest BCUT2D eigenvalue weighted by atomic mass is 9.95. The molecule has 0 aliphatic heterocycles. The molecule has 0 bridgehead atoms. The zero-order chi connectivity index (χ0) is 10.6. The van der Waals surface area contributed by atoms with E-state index in [2.05, 4.69) is 0 Å². The molecule has 0 aliphatic rings. The number of aliphatic hydroxyl groups is 2. The fourth-order valence-electron chi connectivity index (χ4n) is 1.36. The van der Waals surface area contributed by atoms with Crippen molar-refractivity contribution in [3.05, 3.63) is 29.8 Å². The van der Waals surface area contributed by atoms with E-state index in [1.54, 1.807) is 24.3 Å². The molecule has 78 valence electrons. The average molecular weight is 196 g/mol. The Bertz CT molecular complexity index is 268. The molecule has 0 spiro atoms. The van der Waals surface area contributed by atoms with Crippen molar-refractivity contribution in [2.24, 2.45) is 5.92 Å². The summed E-state index contributed by atoms with van der Waals surface area (Å²) in [6.45, 7) is 1.96. The molecule has 2 atom stereocenters. The van der Waals surface area contributed by atoms with Crippen LogP contribution in [0.15, 0.2) is 24.3 Å². The zero-order valence-corrected chi connectivity index (χ0v) is 8.22. The van der Waals surface area contributed by atoms with E-state index >= 15 is 0 Å². The molecule has 14 heavy (non-hydrogen) atoms. The number of benzene rings is 1. The van der Waals surface area contributed by atoms with Gasteiger partial charge in [0.05, 0.1) is 6.10 Å². The summed E-state index contributed by atoms with van der Waals surface area (Å²) in [5.74, 6) is 0.209. The Morgan fingerprint density at radius 3 is 2.29 bits per heavy atom. The van der Waals surface area contributed by atoms with Crippen LogP contribution in [0.25, 0.3) is 0 Å². The van der Waals surface area contributed by atoms with Gasteiger partial charge in [-0.15, -0.1) is 0 Å². The highest BCUT2D eigenvalue weighted by Crippen LogP contribution is 2.25. The largest absolute Gasteiger partial charge is 0.508 e. The van der Waals surface area contributed by atoms with Gasteiger partial charge in [0.15, 0.2) is 0 Å². The van der Waals surface area contributed by atoms with Crippen molar-refractivity contribution in [2.75, 3.05) is 6.61 Å². The molecule has 3 nitrogen and oxygen atoms in total. The van der Waals surface area contributed by atoms with E-state index in [4.69, 9.17) is 10.2 Å². The molecule has 0 unspecified atom stereocenters. The van der Waals surface area contributed by atoms with Crippen LogP contribution in [0.3, 0.4) is 0 Å². The first-order chi connectivity index (χ1) is 6.65. The maximum absolute atomic E-state index is 9.82. The minimum Gasteiger partial charge on any atom is -0.508 e. The highest BCUT2D eigenvalue weighted by molar-refractivity contribution is 5.27. The number of rotatable bonds is 4. The van der Waals surface area contributed by atoms with E-state index in [9.17, 15) is 5.11 Å². The number of phenols is 1. The second kappa shape index (κ2) is 4.98. The van der Waals surface area contributed by atoms with Crippen LogP contribution in [0.2, 0.25) is 0 Å². The van der Waals surface area contributed by atoms with Gasteiger partial charge in [-0.25, -0.2) is 0 Å². The maximum Gasteiger partial charge on any atom is 0.115 e. The number of aromatic hydroxyl groups is 1. The van der Waals surface area contributed by atoms with Crippen LogP contribution in [0, 0.1) is 5.92 Å². The Hall–Kier alpha value is -1.06. The van der Waals surface area contributed by atoms with E-state index in [0.717, 1.165) is 5.56 Å². The predicted octanol–water partition coefficient (Wildman–Crippen LogP) is 1.44. The Kier molecular flexibility index (Phi) is 3.92. The Labute approximate surface area is 83.6 Å². The fraction of sp³-hybridized carbons (Fsp3) is 0.455. The molecular weight excluding hydrogens is 180 g/mol. The van der Waals surface area contributed by atoms with Crippen molar-refractivity contribution in [1.82, 2.24) is 0 Å². The van der Waals surface area contributed by atoms with Crippen LogP contribution in [0.4, 0.5) is 0 Å². The highest BCUT2D eigenvalue weighted by Gasteiger charge is 2.15. The van der Waals surface area contributed by atoms with E-state index in [1.807, 2.05) is 6.92 Å². The van der Waals surface area contributed by atoms with Gasteiger partial charge in [0.1, 0.15) is 5.75 Å². The molecule has 1 rings (SSSR count). The van der Waals surface area contributed by atoms with Crippen LogP contribution < -0.4 is 0 Å². The normalized spacial score (nSPS) is 15.1. The molecule has 3 N–H and O–H groups in total. The summed E-state index contributed by atoms with van der Waals surface area (Å²) < 4.78 is 0. The molecule has 0 saturated carbocycles. The molecule has 0 aliphatic carbocycles. The number of hydrogen-bond acceptors (Lipinski definition) is 3. The zero-order valence-electron chi connectivity index (χ0n) is 8.22. The predicted molar refractivity (Wildman–Crippen MR) is 53.9 cm³/mol. The number of hydrogen-bond donors (Lipinski definition) is 3. The van der Waals surface area contributed by atoms with Gasteiger partial charge in [-0.1, -0.05) is 19.1 Å². The maximum atomic E-state index is 9.82. The van der Waals surface area contributed by atoms with Crippen LogP contribution in [0.5, 0.6) is 5.75 Å². The van der Waals surface area contributed by atoms with Crippen molar-refractivity contribution in [3.63, 3.8) is 0 Å². The van der Waals surface area contributed by atoms with Crippen molar-refractivity contribution in [1.29, 1.82) is 0 Å². The summed E-state index contributed by atoms with van der Waals surface area (Å²) in [4.78, 5) is 0. The van der Waals surface area contributed by atoms with Crippen molar-refractivity contribution in [3.8, 4) is 5.75 Å². The highest BCUT2D eigenvalue weighted by atomic mass is 16.3.